The third-order valence-electron chi connectivity index (χ3n) is 3.70. The summed E-state index contributed by atoms with van der Waals surface area (Å²) in [7, 11) is 0. The molecule has 1 aromatic heterocycles. The van der Waals surface area contributed by atoms with Crippen molar-refractivity contribution in [3.8, 4) is 17.4 Å². The molecule has 130 valence electrons. The zero-order valence-electron chi connectivity index (χ0n) is 14.4. The minimum atomic E-state index is -0.191. The number of pyridine rings is 1. The van der Waals surface area contributed by atoms with E-state index in [4.69, 9.17) is 16.3 Å². The summed E-state index contributed by atoms with van der Waals surface area (Å²) in [6.07, 6.45) is 0.840. The van der Waals surface area contributed by atoms with Gasteiger partial charge in [0, 0.05) is 17.3 Å². The van der Waals surface area contributed by atoms with Gasteiger partial charge in [-0.25, -0.2) is 4.98 Å². The Morgan fingerprint density at radius 1 is 1.17 bits per heavy atom. The monoisotopic (exact) mass is 350 g/mol. The van der Waals surface area contributed by atoms with E-state index >= 15 is 0 Å². The Kier molecular flexibility index (Phi) is 5.91. The molecule has 2 N–H and O–H groups in total. The minimum Gasteiger partial charge on any atom is -0.502 e. The summed E-state index contributed by atoms with van der Waals surface area (Å²) in [5.74, 6) is 0.648. The molecule has 0 aliphatic carbocycles. The van der Waals surface area contributed by atoms with E-state index in [1.54, 1.807) is 23.1 Å². The molecular formula is C18H23ClN2O3. The van der Waals surface area contributed by atoms with Gasteiger partial charge in [0.15, 0.2) is 0 Å². The van der Waals surface area contributed by atoms with Crippen LogP contribution in [-0.4, -0.2) is 28.5 Å². The Labute approximate surface area is 147 Å². The van der Waals surface area contributed by atoms with Crippen LogP contribution >= 0.6 is 11.6 Å². The molecule has 1 heterocycles. The highest BCUT2D eigenvalue weighted by Gasteiger charge is 2.18. The van der Waals surface area contributed by atoms with Crippen LogP contribution in [0.1, 0.15) is 30.2 Å². The van der Waals surface area contributed by atoms with Crippen molar-refractivity contribution >= 4 is 17.3 Å². The summed E-state index contributed by atoms with van der Waals surface area (Å²) in [6.45, 7) is 8.03. The van der Waals surface area contributed by atoms with Crippen molar-refractivity contribution in [2.75, 3.05) is 18.2 Å². The van der Waals surface area contributed by atoms with Crippen molar-refractivity contribution in [1.82, 2.24) is 4.98 Å². The maximum atomic E-state index is 10.6. The first-order valence-electron chi connectivity index (χ1n) is 7.88. The number of nitrogens with zero attached hydrogens (tertiary/aromatic N) is 2. The summed E-state index contributed by atoms with van der Waals surface area (Å²) in [5, 5.41) is 20.8. The Morgan fingerprint density at radius 3 is 2.33 bits per heavy atom. The number of aryl methyl sites for hydroxylation is 3. The predicted octanol–water partition coefficient (Wildman–Crippen LogP) is 4.32. The highest BCUT2D eigenvalue weighted by molar-refractivity contribution is 6.30. The molecule has 0 spiro atoms. The molecule has 0 unspecified atom stereocenters. The van der Waals surface area contributed by atoms with Crippen LogP contribution in [0.4, 0.5) is 5.69 Å². The van der Waals surface area contributed by atoms with Gasteiger partial charge in [0.1, 0.15) is 12.5 Å². The number of ether oxygens (including phenoxy) is 1. The van der Waals surface area contributed by atoms with Crippen molar-refractivity contribution in [3.63, 3.8) is 0 Å². The number of aliphatic hydroxyl groups excluding tert-OH is 1. The molecule has 0 aliphatic rings. The molecular weight excluding hydrogens is 328 g/mol. The zero-order chi connectivity index (χ0) is 17.9. The van der Waals surface area contributed by atoms with Gasteiger partial charge in [0.05, 0.1) is 5.69 Å². The Balaban J connectivity index is 2.47. The Bertz CT molecular complexity index is 711. The molecule has 0 saturated heterocycles. The molecule has 0 atom stereocenters. The van der Waals surface area contributed by atoms with E-state index in [1.165, 1.54) is 0 Å². The van der Waals surface area contributed by atoms with Crippen molar-refractivity contribution in [2.24, 2.45) is 0 Å². The molecule has 2 aromatic rings. The normalized spacial score (nSPS) is 10.8. The van der Waals surface area contributed by atoms with Crippen LogP contribution in [0.5, 0.6) is 17.4 Å². The Morgan fingerprint density at radius 2 is 1.79 bits per heavy atom. The zero-order valence-corrected chi connectivity index (χ0v) is 15.2. The third kappa shape index (κ3) is 3.91. The summed E-state index contributed by atoms with van der Waals surface area (Å²) < 4.78 is 5.89. The highest BCUT2D eigenvalue weighted by Crippen LogP contribution is 2.40. The molecule has 0 radical (unpaired) electrons. The van der Waals surface area contributed by atoms with Crippen LogP contribution in [0.25, 0.3) is 0 Å². The van der Waals surface area contributed by atoms with Gasteiger partial charge in [-0.3, -0.25) is 0 Å². The fourth-order valence-electron chi connectivity index (χ4n) is 2.63. The SMILES string of the molecule is CCCN(CO)c1cc(C)nc(Oc2c(C)cc(Cl)cc2C)c1O. The number of aromatic hydroxyl groups is 1. The molecule has 0 fully saturated rings. The predicted molar refractivity (Wildman–Crippen MR) is 96.4 cm³/mol. The molecule has 0 amide bonds. The van der Waals surface area contributed by atoms with E-state index in [0.29, 0.717) is 28.7 Å². The van der Waals surface area contributed by atoms with E-state index in [-0.39, 0.29) is 18.4 Å². The van der Waals surface area contributed by atoms with Gasteiger partial charge in [0.25, 0.3) is 5.88 Å². The number of halogens is 1. The molecule has 0 bridgehead atoms. The van der Waals surface area contributed by atoms with Gasteiger partial charge in [0.2, 0.25) is 5.75 Å². The largest absolute Gasteiger partial charge is 0.502 e. The fourth-order valence-corrected chi connectivity index (χ4v) is 2.95. The summed E-state index contributed by atoms with van der Waals surface area (Å²) in [5.41, 5.74) is 2.91. The number of aromatic nitrogens is 1. The lowest BCUT2D eigenvalue weighted by molar-refractivity contribution is 0.288. The lowest BCUT2D eigenvalue weighted by atomic mass is 10.1. The fraction of sp³-hybridized carbons (Fsp3) is 0.389. The topological polar surface area (TPSA) is 65.8 Å². The van der Waals surface area contributed by atoms with Gasteiger partial charge in [-0.15, -0.1) is 0 Å². The van der Waals surface area contributed by atoms with E-state index in [9.17, 15) is 10.2 Å². The number of rotatable bonds is 6. The van der Waals surface area contributed by atoms with Gasteiger partial charge >= 0.3 is 0 Å². The van der Waals surface area contributed by atoms with E-state index in [2.05, 4.69) is 4.98 Å². The minimum absolute atomic E-state index is 0.0862. The first kappa shape index (κ1) is 18.4. The van der Waals surface area contributed by atoms with Crippen LogP contribution in [0.2, 0.25) is 5.02 Å². The van der Waals surface area contributed by atoms with Crippen LogP contribution in [0.15, 0.2) is 18.2 Å². The quantitative estimate of drug-likeness (QED) is 0.759. The lowest BCUT2D eigenvalue weighted by Gasteiger charge is -2.23. The molecule has 2 rings (SSSR count). The van der Waals surface area contributed by atoms with Crippen molar-refractivity contribution < 1.29 is 14.9 Å². The number of hydrogen-bond acceptors (Lipinski definition) is 5. The lowest BCUT2D eigenvalue weighted by Crippen LogP contribution is -2.25. The van der Waals surface area contributed by atoms with Gasteiger partial charge < -0.3 is 19.8 Å². The molecule has 24 heavy (non-hydrogen) atoms. The second-order valence-corrected chi connectivity index (χ2v) is 6.25. The summed E-state index contributed by atoms with van der Waals surface area (Å²) in [4.78, 5) is 5.98. The van der Waals surface area contributed by atoms with Crippen LogP contribution in [0, 0.1) is 20.8 Å². The van der Waals surface area contributed by atoms with Crippen molar-refractivity contribution in [3.05, 3.63) is 40.0 Å². The maximum absolute atomic E-state index is 10.6. The first-order chi connectivity index (χ1) is 11.4. The average Bonchev–Trinajstić information content (AvgIpc) is 2.51. The smallest absolute Gasteiger partial charge is 0.264 e. The average molecular weight is 351 g/mol. The van der Waals surface area contributed by atoms with Gasteiger partial charge in [-0.1, -0.05) is 18.5 Å². The molecule has 6 heteroatoms. The van der Waals surface area contributed by atoms with Gasteiger partial charge in [-0.05, 0) is 56.5 Å². The number of benzene rings is 1. The molecule has 0 aliphatic heterocycles. The van der Waals surface area contributed by atoms with E-state index in [1.807, 2.05) is 27.7 Å². The number of aliphatic hydroxyl groups is 1. The summed E-state index contributed by atoms with van der Waals surface area (Å²) >= 11 is 6.05. The summed E-state index contributed by atoms with van der Waals surface area (Å²) in [6, 6.07) is 5.33. The second-order valence-electron chi connectivity index (χ2n) is 5.81. The highest BCUT2D eigenvalue weighted by atomic mass is 35.5. The molecule has 5 nitrogen and oxygen atoms in total. The van der Waals surface area contributed by atoms with E-state index < -0.39 is 0 Å². The second kappa shape index (κ2) is 7.73. The number of hydrogen-bond donors (Lipinski definition) is 2. The third-order valence-corrected chi connectivity index (χ3v) is 3.92. The first-order valence-corrected chi connectivity index (χ1v) is 8.26. The molecule has 0 saturated carbocycles. The van der Waals surface area contributed by atoms with Crippen LogP contribution < -0.4 is 9.64 Å². The van der Waals surface area contributed by atoms with Crippen molar-refractivity contribution in [1.29, 1.82) is 0 Å². The van der Waals surface area contributed by atoms with Gasteiger partial charge in [-0.2, -0.15) is 0 Å². The van der Waals surface area contributed by atoms with E-state index in [0.717, 1.165) is 17.5 Å². The van der Waals surface area contributed by atoms with Crippen LogP contribution in [0.3, 0.4) is 0 Å². The number of anilines is 1. The van der Waals surface area contributed by atoms with Crippen molar-refractivity contribution in [2.45, 2.75) is 34.1 Å². The molecule has 1 aromatic carbocycles. The maximum Gasteiger partial charge on any atom is 0.264 e. The van der Waals surface area contributed by atoms with Crippen LogP contribution in [-0.2, 0) is 0 Å². The standard InChI is InChI=1S/C18H23ClN2O3/c1-5-6-21(10-22)15-9-13(4)20-18(16(15)23)24-17-11(2)7-14(19)8-12(17)3/h7-9,22-23H,5-6,10H2,1-4H3. The Hall–Kier alpha value is -1.98.